The minimum Gasteiger partial charge on any atom is -0.469 e. The molecular weight excluding hydrogens is 262 g/mol. The Bertz CT molecular complexity index is 470. The number of rotatable bonds is 7. The summed E-state index contributed by atoms with van der Waals surface area (Å²) in [5, 5.41) is 3.46. The molecule has 0 aliphatic heterocycles. The van der Waals surface area contributed by atoms with E-state index >= 15 is 0 Å². The van der Waals surface area contributed by atoms with Gasteiger partial charge in [0.15, 0.2) is 0 Å². The van der Waals surface area contributed by atoms with E-state index in [9.17, 15) is 4.79 Å². The molecule has 3 heteroatoms. The van der Waals surface area contributed by atoms with Crippen molar-refractivity contribution in [2.75, 3.05) is 13.7 Å². The van der Waals surface area contributed by atoms with E-state index in [4.69, 9.17) is 4.74 Å². The molecule has 0 heterocycles. The molecule has 0 radical (unpaired) electrons. The summed E-state index contributed by atoms with van der Waals surface area (Å²) in [7, 11) is 1.46. The molecule has 1 aromatic rings. The van der Waals surface area contributed by atoms with Crippen LogP contribution >= 0.6 is 0 Å². The van der Waals surface area contributed by atoms with Crippen LogP contribution in [0.3, 0.4) is 0 Å². The van der Waals surface area contributed by atoms with Crippen molar-refractivity contribution in [3.8, 4) is 0 Å². The predicted molar refractivity (Wildman–Crippen MR) is 85.5 cm³/mol. The second-order valence-electron chi connectivity index (χ2n) is 5.95. The third kappa shape index (κ3) is 4.85. The van der Waals surface area contributed by atoms with Crippen LogP contribution in [0.4, 0.5) is 0 Å². The van der Waals surface area contributed by atoms with E-state index in [1.807, 2.05) is 0 Å². The number of carbonyl (C=O) groups is 1. The average molecular weight is 289 g/mol. The first-order valence-corrected chi connectivity index (χ1v) is 8.13. The number of hydrogen-bond acceptors (Lipinski definition) is 3. The number of nitrogens with one attached hydrogen (secondary N) is 1. The molecule has 0 fully saturated rings. The summed E-state index contributed by atoms with van der Waals surface area (Å²) < 4.78 is 4.81. The lowest BCUT2D eigenvalue weighted by Crippen LogP contribution is -2.34. The summed E-state index contributed by atoms with van der Waals surface area (Å²) in [6.45, 7) is 3.08. The highest BCUT2D eigenvalue weighted by molar-refractivity contribution is 5.70. The Hall–Kier alpha value is -1.35. The van der Waals surface area contributed by atoms with Crippen molar-refractivity contribution in [3.05, 3.63) is 34.9 Å². The molecule has 1 aliphatic carbocycles. The summed E-state index contributed by atoms with van der Waals surface area (Å²) in [5.41, 5.74) is 4.34. The van der Waals surface area contributed by atoms with Gasteiger partial charge in [-0.2, -0.15) is 0 Å². The van der Waals surface area contributed by atoms with Crippen LogP contribution in [-0.4, -0.2) is 25.7 Å². The first-order chi connectivity index (χ1) is 10.2. The maximum absolute atomic E-state index is 11.5. The Balaban J connectivity index is 2.02. The standard InChI is InChI=1S/C18H27NO2/c1-3-10-19-17(13-18(20)21-2)12-14-8-9-15-6-4-5-7-16(15)11-14/h8-9,11,17,19H,3-7,10,12-13H2,1-2H3. The second kappa shape index (κ2) is 8.18. The third-order valence-corrected chi connectivity index (χ3v) is 4.22. The first-order valence-electron chi connectivity index (χ1n) is 8.13. The molecule has 21 heavy (non-hydrogen) atoms. The lowest BCUT2D eigenvalue weighted by molar-refractivity contribution is -0.141. The van der Waals surface area contributed by atoms with Gasteiger partial charge in [-0.1, -0.05) is 25.1 Å². The smallest absolute Gasteiger partial charge is 0.307 e. The van der Waals surface area contributed by atoms with Crippen molar-refractivity contribution in [3.63, 3.8) is 0 Å². The van der Waals surface area contributed by atoms with Crippen molar-refractivity contribution in [2.24, 2.45) is 0 Å². The minimum atomic E-state index is -0.137. The van der Waals surface area contributed by atoms with Crippen LogP contribution in [-0.2, 0) is 28.8 Å². The van der Waals surface area contributed by atoms with E-state index in [1.54, 1.807) is 0 Å². The van der Waals surface area contributed by atoms with Crippen molar-refractivity contribution in [1.82, 2.24) is 5.32 Å². The maximum Gasteiger partial charge on any atom is 0.307 e. The number of benzene rings is 1. The van der Waals surface area contributed by atoms with E-state index < -0.39 is 0 Å². The third-order valence-electron chi connectivity index (χ3n) is 4.22. The minimum absolute atomic E-state index is 0.137. The second-order valence-corrected chi connectivity index (χ2v) is 5.95. The van der Waals surface area contributed by atoms with Crippen LogP contribution in [0, 0.1) is 0 Å². The highest BCUT2D eigenvalue weighted by Crippen LogP contribution is 2.23. The van der Waals surface area contributed by atoms with Gasteiger partial charge in [0.05, 0.1) is 13.5 Å². The van der Waals surface area contributed by atoms with Crippen LogP contribution in [0.5, 0.6) is 0 Å². The summed E-state index contributed by atoms with van der Waals surface area (Å²) in [6.07, 6.45) is 7.44. The molecule has 1 unspecified atom stereocenters. The molecule has 3 nitrogen and oxygen atoms in total. The van der Waals surface area contributed by atoms with Gasteiger partial charge < -0.3 is 10.1 Å². The molecule has 0 bridgehead atoms. The van der Waals surface area contributed by atoms with Crippen LogP contribution < -0.4 is 5.32 Å². The SMILES string of the molecule is CCCNC(CC(=O)OC)Cc1ccc2c(c1)CCCC2. The van der Waals surface area contributed by atoms with E-state index in [0.717, 1.165) is 19.4 Å². The van der Waals surface area contributed by atoms with Crippen molar-refractivity contribution in [2.45, 2.75) is 57.9 Å². The fourth-order valence-corrected chi connectivity index (χ4v) is 3.05. The quantitative estimate of drug-likeness (QED) is 0.784. The normalized spacial score (nSPS) is 15.3. The van der Waals surface area contributed by atoms with Gasteiger partial charge in [-0.15, -0.1) is 0 Å². The van der Waals surface area contributed by atoms with Crippen LogP contribution in [0.1, 0.15) is 49.3 Å². The fourth-order valence-electron chi connectivity index (χ4n) is 3.05. The van der Waals surface area contributed by atoms with Crippen LogP contribution in [0.25, 0.3) is 0 Å². The Morgan fingerprint density at radius 1 is 1.29 bits per heavy atom. The van der Waals surface area contributed by atoms with Gasteiger partial charge >= 0.3 is 5.97 Å². The summed E-state index contributed by atoms with van der Waals surface area (Å²) in [6, 6.07) is 7.01. The maximum atomic E-state index is 11.5. The van der Waals surface area contributed by atoms with E-state index in [1.165, 1.54) is 49.5 Å². The zero-order valence-corrected chi connectivity index (χ0v) is 13.3. The van der Waals surface area contributed by atoms with Gasteiger partial charge in [0.2, 0.25) is 0 Å². The molecule has 0 aromatic heterocycles. The molecule has 1 aromatic carbocycles. The largest absolute Gasteiger partial charge is 0.469 e. The first kappa shape index (κ1) is 16.0. The molecule has 1 aliphatic rings. The van der Waals surface area contributed by atoms with Crippen molar-refractivity contribution >= 4 is 5.97 Å². The van der Waals surface area contributed by atoms with E-state index in [-0.39, 0.29) is 12.0 Å². The highest BCUT2D eigenvalue weighted by Gasteiger charge is 2.16. The lowest BCUT2D eigenvalue weighted by atomic mass is 9.89. The number of aryl methyl sites for hydroxylation is 2. The number of methoxy groups -OCH3 is 1. The van der Waals surface area contributed by atoms with Gasteiger partial charge in [-0.05, 0) is 61.8 Å². The molecule has 2 rings (SSSR count). The lowest BCUT2D eigenvalue weighted by Gasteiger charge is -2.20. The molecule has 116 valence electrons. The summed E-state index contributed by atoms with van der Waals surface area (Å²) in [4.78, 5) is 11.5. The molecule has 0 saturated carbocycles. The van der Waals surface area contributed by atoms with Gasteiger partial charge in [-0.25, -0.2) is 0 Å². The molecule has 0 saturated heterocycles. The number of carbonyl (C=O) groups excluding carboxylic acids is 1. The number of ether oxygens (including phenoxy) is 1. The van der Waals surface area contributed by atoms with Gasteiger partial charge in [0.25, 0.3) is 0 Å². The number of esters is 1. The van der Waals surface area contributed by atoms with Gasteiger partial charge in [0.1, 0.15) is 0 Å². The van der Waals surface area contributed by atoms with Crippen LogP contribution in [0.2, 0.25) is 0 Å². The Labute approximate surface area is 128 Å². The van der Waals surface area contributed by atoms with Crippen LogP contribution in [0.15, 0.2) is 18.2 Å². The molecular formula is C18H27NO2. The molecule has 1 atom stereocenters. The Morgan fingerprint density at radius 3 is 2.76 bits per heavy atom. The number of fused-ring (bicyclic) bond motifs is 1. The van der Waals surface area contributed by atoms with Gasteiger partial charge in [0, 0.05) is 6.04 Å². The van der Waals surface area contributed by atoms with Gasteiger partial charge in [-0.3, -0.25) is 4.79 Å². The zero-order chi connectivity index (χ0) is 15.1. The number of hydrogen-bond donors (Lipinski definition) is 1. The average Bonchev–Trinajstić information content (AvgIpc) is 2.52. The summed E-state index contributed by atoms with van der Waals surface area (Å²) in [5.74, 6) is -0.137. The molecule has 0 spiro atoms. The van der Waals surface area contributed by atoms with E-state index in [2.05, 4.69) is 30.4 Å². The zero-order valence-electron chi connectivity index (χ0n) is 13.3. The molecule has 1 N–H and O–H groups in total. The summed E-state index contributed by atoms with van der Waals surface area (Å²) >= 11 is 0. The van der Waals surface area contributed by atoms with E-state index in [0.29, 0.717) is 6.42 Å². The molecule has 0 amide bonds. The Kier molecular flexibility index (Phi) is 6.24. The van der Waals surface area contributed by atoms with Crippen molar-refractivity contribution < 1.29 is 9.53 Å². The highest BCUT2D eigenvalue weighted by atomic mass is 16.5. The topological polar surface area (TPSA) is 38.3 Å². The fraction of sp³-hybridized carbons (Fsp3) is 0.611. The Morgan fingerprint density at radius 2 is 2.05 bits per heavy atom. The van der Waals surface area contributed by atoms with Crippen molar-refractivity contribution in [1.29, 1.82) is 0 Å². The monoisotopic (exact) mass is 289 g/mol. The predicted octanol–water partition coefficient (Wildman–Crippen LogP) is 3.04.